The summed E-state index contributed by atoms with van der Waals surface area (Å²) in [6.07, 6.45) is -1.68. The number of carbonyl (C=O) groups is 1. The maximum absolute atomic E-state index is 12.4. The molecule has 140 valence electrons. The molecule has 0 spiro atoms. The lowest BCUT2D eigenvalue weighted by molar-refractivity contribution is -0.153. The number of hydrogen-bond donors (Lipinski definition) is 1. The van der Waals surface area contributed by atoms with Crippen LogP contribution < -0.4 is 15.2 Å². The van der Waals surface area contributed by atoms with E-state index in [-0.39, 0.29) is 36.1 Å². The maximum atomic E-state index is 12.4. The second-order valence-corrected chi connectivity index (χ2v) is 6.15. The van der Waals surface area contributed by atoms with Gasteiger partial charge in [-0.1, -0.05) is 12.1 Å². The van der Waals surface area contributed by atoms with Gasteiger partial charge in [0, 0.05) is 18.6 Å². The van der Waals surface area contributed by atoms with E-state index in [1.165, 1.54) is 18.2 Å². The number of para-hydroxylation sites is 2. The van der Waals surface area contributed by atoms with Gasteiger partial charge in [0.15, 0.2) is 24.7 Å². The maximum Gasteiger partial charge on any atom is 0.422 e. The fraction of sp³-hybridized carbons (Fsp3) is 0.588. The summed E-state index contributed by atoms with van der Waals surface area (Å²) in [7, 11) is 0. The highest BCUT2D eigenvalue weighted by Crippen LogP contribution is 2.28. The Kier molecular flexibility index (Phi) is 6.52. The monoisotopic (exact) mass is 360 g/mol. The molecule has 2 atom stereocenters. The summed E-state index contributed by atoms with van der Waals surface area (Å²) in [4.78, 5) is 14.1. The molecule has 2 rings (SSSR count). The fourth-order valence-electron chi connectivity index (χ4n) is 2.88. The average molecular weight is 360 g/mol. The van der Waals surface area contributed by atoms with Crippen LogP contribution in [-0.4, -0.2) is 48.8 Å². The predicted octanol–water partition coefficient (Wildman–Crippen LogP) is 2.73. The van der Waals surface area contributed by atoms with Gasteiger partial charge in [-0.3, -0.25) is 4.79 Å². The second kappa shape index (κ2) is 8.42. The number of nitrogens with zero attached hydrogens (tertiary/aromatic N) is 1. The highest BCUT2D eigenvalue weighted by molar-refractivity contribution is 5.78. The highest BCUT2D eigenvalue weighted by Gasteiger charge is 2.30. The number of alkyl halides is 3. The first-order chi connectivity index (χ1) is 11.8. The van der Waals surface area contributed by atoms with Crippen LogP contribution in [0.5, 0.6) is 11.5 Å². The van der Waals surface area contributed by atoms with Crippen molar-refractivity contribution < 1.29 is 27.4 Å². The average Bonchev–Trinajstić information content (AvgIpc) is 2.57. The fourth-order valence-corrected chi connectivity index (χ4v) is 2.88. The molecule has 1 aromatic carbocycles. The van der Waals surface area contributed by atoms with Crippen molar-refractivity contribution in [2.45, 2.75) is 44.4 Å². The van der Waals surface area contributed by atoms with Crippen LogP contribution in [0.15, 0.2) is 24.3 Å². The van der Waals surface area contributed by atoms with Crippen molar-refractivity contribution in [1.29, 1.82) is 0 Å². The van der Waals surface area contributed by atoms with E-state index in [0.717, 1.165) is 19.3 Å². The number of amides is 1. The number of ether oxygens (including phenoxy) is 2. The lowest BCUT2D eigenvalue weighted by Gasteiger charge is -2.38. The molecule has 25 heavy (non-hydrogen) atoms. The Morgan fingerprint density at radius 2 is 1.92 bits per heavy atom. The minimum atomic E-state index is -4.44. The zero-order valence-corrected chi connectivity index (χ0v) is 14.1. The van der Waals surface area contributed by atoms with E-state index in [2.05, 4.69) is 0 Å². The smallest absolute Gasteiger partial charge is 0.422 e. The number of rotatable bonds is 6. The number of likely N-dealkylation sites (tertiary alicyclic amines) is 1. The molecular weight excluding hydrogens is 337 g/mol. The number of carbonyl (C=O) groups excluding carboxylic acids is 1. The molecule has 1 fully saturated rings. The molecule has 2 unspecified atom stereocenters. The summed E-state index contributed by atoms with van der Waals surface area (Å²) in [5.74, 6) is -0.169. The van der Waals surface area contributed by atoms with Crippen molar-refractivity contribution >= 4 is 5.91 Å². The summed E-state index contributed by atoms with van der Waals surface area (Å²) in [5.41, 5.74) is 5.95. The summed E-state index contributed by atoms with van der Waals surface area (Å²) in [6, 6.07) is 5.80. The summed E-state index contributed by atoms with van der Waals surface area (Å²) in [6.45, 7) is 0.786. The minimum absolute atomic E-state index is 0.0402. The molecule has 0 radical (unpaired) electrons. The third-order valence-corrected chi connectivity index (χ3v) is 4.07. The van der Waals surface area contributed by atoms with Crippen molar-refractivity contribution in [3.8, 4) is 11.5 Å². The van der Waals surface area contributed by atoms with Crippen molar-refractivity contribution in [2.24, 2.45) is 5.73 Å². The number of piperidine rings is 1. The van der Waals surface area contributed by atoms with Gasteiger partial charge in [-0.2, -0.15) is 13.2 Å². The molecule has 0 saturated carbocycles. The Hall–Kier alpha value is -1.96. The van der Waals surface area contributed by atoms with E-state index < -0.39 is 12.8 Å². The third-order valence-electron chi connectivity index (χ3n) is 4.07. The van der Waals surface area contributed by atoms with E-state index >= 15 is 0 Å². The van der Waals surface area contributed by atoms with E-state index in [1.807, 2.05) is 6.92 Å². The molecule has 1 heterocycles. The Labute approximate surface area is 144 Å². The van der Waals surface area contributed by atoms with Gasteiger partial charge in [0.2, 0.25) is 0 Å². The molecule has 1 amide bonds. The van der Waals surface area contributed by atoms with Gasteiger partial charge in [-0.25, -0.2) is 0 Å². The highest BCUT2D eigenvalue weighted by atomic mass is 19.4. The topological polar surface area (TPSA) is 64.8 Å². The molecule has 1 aromatic rings. The lowest BCUT2D eigenvalue weighted by atomic mass is 9.97. The molecule has 0 aliphatic carbocycles. The molecular formula is C17H23F3N2O3. The zero-order chi connectivity index (χ0) is 18.4. The van der Waals surface area contributed by atoms with Crippen LogP contribution in [0.2, 0.25) is 0 Å². The van der Waals surface area contributed by atoms with E-state index in [4.69, 9.17) is 15.2 Å². The Morgan fingerprint density at radius 3 is 2.52 bits per heavy atom. The van der Waals surface area contributed by atoms with Gasteiger partial charge >= 0.3 is 6.18 Å². The van der Waals surface area contributed by atoms with Gasteiger partial charge in [0.05, 0.1) is 0 Å². The van der Waals surface area contributed by atoms with Gasteiger partial charge in [-0.05, 0) is 38.3 Å². The van der Waals surface area contributed by atoms with E-state index in [1.54, 1.807) is 11.0 Å². The van der Waals surface area contributed by atoms with Crippen molar-refractivity contribution in [2.75, 3.05) is 19.8 Å². The van der Waals surface area contributed by atoms with Crippen molar-refractivity contribution in [1.82, 2.24) is 4.90 Å². The molecule has 0 aromatic heterocycles. The number of hydrogen-bond acceptors (Lipinski definition) is 4. The first kappa shape index (κ1) is 19.4. The first-order valence-corrected chi connectivity index (χ1v) is 8.24. The number of nitrogens with two attached hydrogens (primary N) is 1. The summed E-state index contributed by atoms with van der Waals surface area (Å²) < 4.78 is 47.1. The van der Waals surface area contributed by atoms with Crippen LogP contribution in [-0.2, 0) is 4.79 Å². The van der Waals surface area contributed by atoms with E-state index in [9.17, 15) is 18.0 Å². The quantitative estimate of drug-likeness (QED) is 0.847. The Morgan fingerprint density at radius 1 is 1.28 bits per heavy atom. The summed E-state index contributed by atoms with van der Waals surface area (Å²) >= 11 is 0. The molecule has 1 saturated heterocycles. The third kappa shape index (κ3) is 5.81. The normalized spacial score (nSPS) is 19.4. The van der Waals surface area contributed by atoms with Gasteiger partial charge < -0.3 is 20.1 Å². The summed E-state index contributed by atoms with van der Waals surface area (Å²) in [5, 5.41) is 0. The van der Waals surface area contributed by atoms with Gasteiger partial charge in [-0.15, -0.1) is 0 Å². The molecule has 1 aliphatic heterocycles. The molecule has 0 bridgehead atoms. The van der Waals surface area contributed by atoms with Crippen LogP contribution in [0, 0.1) is 0 Å². The van der Waals surface area contributed by atoms with Crippen molar-refractivity contribution in [3.63, 3.8) is 0 Å². The zero-order valence-electron chi connectivity index (χ0n) is 14.1. The van der Waals surface area contributed by atoms with Gasteiger partial charge in [0.1, 0.15) is 0 Å². The largest absolute Gasteiger partial charge is 0.480 e. The predicted molar refractivity (Wildman–Crippen MR) is 86.5 cm³/mol. The van der Waals surface area contributed by atoms with Crippen LogP contribution in [0.25, 0.3) is 0 Å². The molecule has 8 heteroatoms. The van der Waals surface area contributed by atoms with E-state index in [0.29, 0.717) is 6.54 Å². The van der Waals surface area contributed by atoms with Crippen LogP contribution in [0.3, 0.4) is 0 Å². The SMILES string of the molecule is CC(N)C1CCCCN1C(=O)COc1ccccc1OCC(F)(F)F. The lowest BCUT2D eigenvalue weighted by Crippen LogP contribution is -2.52. The van der Waals surface area contributed by atoms with Crippen LogP contribution in [0.4, 0.5) is 13.2 Å². The van der Waals surface area contributed by atoms with Crippen LogP contribution >= 0.6 is 0 Å². The van der Waals surface area contributed by atoms with Gasteiger partial charge in [0.25, 0.3) is 5.91 Å². The Balaban J connectivity index is 1.97. The second-order valence-electron chi connectivity index (χ2n) is 6.15. The number of halogens is 3. The molecule has 5 nitrogen and oxygen atoms in total. The first-order valence-electron chi connectivity index (χ1n) is 8.24. The Bertz CT molecular complexity index is 579. The molecule has 2 N–H and O–H groups in total. The van der Waals surface area contributed by atoms with Crippen LogP contribution in [0.1, 0.15) is 26.2 Å². The number of benzene rings is 1. The molecule has 1 aliphatic rings. The minimum Gasteiger partial charge on any atom is -0.480 e. The standard InChI is InChI=1S/C17H23F3N2O3/c1-12(21)13-6-4-5-9-22(13)16(23)10-24-14-7-2-3-8-15(14)25-11-17(18,19)20/h2-3,7-8,12-13H,4-6,9-11,21H2,1H3. The van der Waals surface area contributed by atoms with Crippen molar-refractivity contribution in [3.05, 3.63) is 24.3 Å².